The summed E-state index contributed by atoms with van der Waals surface area (Å²) in [6, 6.07) is 5.15. The number of nitrogens with two attached hydrogens (primary N) is 1. The minimum Gasteiger partial charge on any atom is -0.458 e. The summed E-state index contributed by atoms with van der Waals surface area (Å²) in [5.74, 6) is -3.31. The van der Waals surface area contributed by atoms with Gasteiger partial charge in [0.1, 0.15) is 29.8 Å². The molecule has 0 spiro atoms. The zero-order valence-corrected chi connectivity index (χ0v) is 27.3. The largest absolute Gasteiger partial charge is 0.458 e. The van der Waals surface area contributed by atoms with Crippen LogP contribution in [0.25, 0.3) is 0 Å². The van der Waals surface area contributed by atoms with Crippen LogP contribution in [0.1, 0.15) is 24.1 Å². The fraction of sp³-hybridized carbons (Fsp3) is 0.333. The summed E-state index contributed by atoms with van der Waals surface area (Å²) < 4.78 is 45.2. The Kier molecular flexibility index (Phi) is 9.85. The van der Waals surface area contributed by atoms with Crippen LogP contribution in [0.3, 0.4) is 0 Å². The molecule has 6 N–H and O–H groups in total. The number of nitrogens with one attached hydrogen (secondary N) is 3. The van der Waals surface area contributed by atoms with E-state index in [0.717, 1.165) is 28.6 Å². The van der Waals surface area contributed by atoms with Crippen LogP contribution in [0.15, 0.2) is 48.5 Å². The molecule has 3 saturated heterocycles. The zero-order chi connectivity index (χ0) is 36.5. The minimum atomic E-state index is -4.98. The molecule has 266 valence electrons. The van der Waals surface area contributed by atoms with E-state index in [1.807, 2.05) is 0 Å². The number of ether oxygens (including phenoxy) is 2. The van der Waals surface area contributed by atoms with Crippen LogP contribution in [0.2, 0.25) is 0 Å². The van der Waals surface area contributed by atoms with Gasteiger partial charge in [0.2, 0.25) is 16.7 Å². The van der Waals surface area contributed by atoms with Gasteiger partial charge in [0, 0.05) is 25.6 Å². The molecule has 0 radical (unpaired) electrons. The number of β-lactam (4-membered cyclic amide) rings is 1. The van der Waals surface area contributed by atoms with Crippen molar-refractivity contribution < 1.29 is 56.1 Å². The van der Waals surface area contributed by atoms with Gasteiger partial charge in [-0.1, -0.05) is 23.9 Å². The monoisotopic (exact) mass is 736 g/mol. The average Bonchev–Trinajstić information content (AvgIpc) is 3.59. The number of thioether (sulfide) groups is 1. The van der Waals surface area contributed by atoms with Gasteiger partial charge < -0.3 is 25.4 Å². The number of urea groups is 2. The van der Waals surface area contributed by atoms with Crippen LogP contribution in [-0.4, -0.2) is 104 Å². The van der Waals surface area contributed by atoms with E-state index in [9.17, 15) is 51.9 Å². The Labute approximate surface area is 286 Å². The van der Waals surface area contributed by atoms with Crippen molar-refractivity contribution in [3.8, 4) is 5.75 Å². The van der Waals surface area contributed by atoms with Gasteiger partial charge in [-0.25, -0.2) is 24.8 Å². The lowest BCUT2D eigenvalue weighted by Crippen LogP contribution is -2.68. The molecule has 0 saturated carbocycles. The van der Waals surface area contributed by atoms with E-state index >= 15 is 0 Å². The number of hydrogen-bond acceptors (Lipinski definition) is 13. The highest BCUT2D eigenvalue weighted by molar-refractivity contribution is 8.02. The van der Waals surface area contributed by atoms with Crippen molar-refractivity contribution in [3.63, 3.8) is 0 Å². The Morgan fingerprint density at radius 1 is 1.12 bits per heavy atom. The van der Waals surface area contributed by atoms with Gasteiger partial charge in [-0.05, 0) is 35.4 Å². The van der Waals surface area contributed by atoms with E-state index in [1.54, 1.807) is 4.72 Å². The molecule has 50 heavy (non-hydrogen) atoms. The Balaban J connectivity index is 1.37. The molecule has 1 unspecified atom stereocenters. The number of carbonyl (C=O) groups excluding carboxylic acids is 6. The van der Waals surface area contributed by atoms with Gasteiger partial charge in [-0.2, -0.15) is 13.1 Å². The third-order valence-electron chi connectivity index (χ3n) is 7.67. The summed E-state index contributed by atoms with van der Waals surface area (Å²) >= 11 is 0.786. The lowest BCUT2D eigenvalue weighted by molar-refractivity contribution is -0.384. The first-order chi connectivity index (χ1) is 23.5. The lowest BCUT2D eigenvalue weighted by atomic mass is 10.0. The Hall–Kier alpha value is -5.52. The Bertz CT molecular complexity index is 1860. The van der Waals surface area contributed by atoms with Crippen LogP contribution in [0.5, 0.6) is 5.75 Å². The highest BCUT2D eigenvalue weighted by Crippen LogP contribution is 2.50. The number of hydrazine groups is 1. The highest BCUT2D eigenvalue weighted by atomic mass is 32.2. The maximum Gasteiger partial charge on any atom is 0.345 e. The van der Waals surface area contributed by atoms with Crippen molar-refractivity contribution in [2.45, 2.75) is 35.9 Å². The van der Waals surface area contributed by atoms with Crippen LogP contribution in [0.4, 0.5) is 15.3 Å². The molecule has 3 aliphatic heterocycles. The first-order valence-electron chi connectivity index (χ1n) is 14.4. The Morgan fingerprint density at radius 3 is 2.36 bits per heavy atom. The number of nitrogens with zero attached hydrogens (tertiary/aromatic N) is 4. The van der Waals surface area contributed by atoms with Crippen LogP contribution in [-0.2, 0) is 40.8 Å². The molecule has 2 aromatic carbocycles. The number of benzene rings is 2. The summed E-state index contributed by atoms with van der Waals surface area (Å²) in [5, 5.41) is 13.3. The summed E-state index contributed by atoms with van der Waals surface area (Å²) in [4.78, 5) is 87.4. The number of amides is 6. The van der Waals surface area contributed by atoms with E-state index in [-0.39, 0.29) is 36.7 Å². The molecular formula is C27H28N8O13S2. The number of esters is 2. The van der Waals surface area contributed by atoms with Crippen molar-refractivity contribution >= 4 is 63.6 Å². The SMILES string of the molecule is CC(=O)Oc1ccc(C(NS(=O)(=O)O)C(=O)N[C@@H]2C(=O)N3C[C@@](C(=O)OCc4ccc([N+](=O)[O-])cc4)(N4CCN(NC(N)=O)C4=O)S[C@H]23)cc1. The van der Waals surface area contributed by atoms with Crippen LogP contribution >= 0.6 is 11.8 Å². The molecule has 6 amide bonds. The van der Waals surface area contributed by atoms with Gasteiger partial charge in [-0.3, -0.25) is 34.0 Å². The second-order valence-electron chi connectivity index (χ2n) is 11.0. The van der Waals surface area contributed by atoms with E-state index < -0.39 is 79.9 Å². The molecule has 3 fully saturated rings. The summed E-state index contributed by atoms with van der Waals surface area (Å²) in [5.41, 5.74) is 7.47. The third kappa shape index (κ3) is 7.39. The van der Waals surface area contributed by atoms with E-state index in [4.69, 9.17) is 15.2 Å². The molecule has 0 aromatic heterocycles. The van der Waals surface area contributed by atoms with Gasteiger partial charge in [0.25, 0.3) is 5.69 Å². The molecule has 0 bridgehead atoms. The maximum absolute atomic E-state index is 13.8. The second-order valence-corrected chi connectivity index (χ2v) is 13.6. The van der Waals surface area contributed by atoms with Gasteiger partial charge in [0.15, 0.2) is 0 Å². The first kappa shape index (κ1) is 35.8. The topological polar surface area (TPSA) is 290 Å². The summed E-state index contributed by atoms with van der Waals surface area (Å²) in [6.07, 6.45) is 0. The average molecular weight is 737 g/mol. The van der Waals surface area contributed by atoms with E-state index in [2.05, 4.69) is 10.7 Å². The molecule has 4 atom stereocenters. The molecule has 0 aliphatic carbocycles. The number of hydrogen-bond donors (Lipinski definition) is 5. The summed E-state index contributed by atoms with van der Waals surface area (Å²) in [6.45, 7) is 0.145. The fourth-order valence-corrected chi connectivity index (χ4v) is 7.67. The number of non-ortho nitro benzene ring substituents is 1. The van der Waals surface area contributed by atoms with E-state index in [0.29, 0.717) is 5.56 Å². The van der Waals surface area contributed by atoms with Gasteiger partial charge in [0.05, 0.1) is 18.0 Å². The second kappa shape index (κ2) is 13.8. The molecule has 2 aromatic rings. The number of fused-ring (bicyclic) bond motifs is 1. The van der Waals surface area contributed by atoms with Crippen molar-refractivity contribution in [1.82, 2.24) is 30.3 Å². The Morgan fingerprint density at radius 2 is 1.78 bits per heavy atom. The number of nitro groups is 1. The number of primary amides is 1. The van der Waals surface area contributed by atoms with Gasteiger partial charge in [-0.15, -0.1) is 0 Å². The lowest BCUT2D eigenvalue weighted by Gasteiger charge is -2.41. The van der Waals surface area contributed by atoms with Crippen molar-refractivity contribution in [1.29, 1.82) is 0 Å². The number of carbonyl (C=O) groups is 6. The smallest absolute Gasteiger partial charge is 0.345 e. The molecule has 3 aliphatic rings. The van der Waals surface area contributed by atoms with Crippen molar-refractivity contribution in [3.05, 3.63) is 69.8 Å². The third-order valence-corrected chi connectivity index (χ3v) is 9.88. The standard InChI is InChI=1S/C27H28N8O13S2/c1-14(36)48-18-8-4-16(5-9-18)19(31-50(44,45)46)21(37)29-20-22(38)32-13-27(49-23(20)32,33-10-11-34(26(33)41)30-25(28)40)24(39)47-12-15-2-6-17(7-3-15)35(42)43/h2-9,19-20,23,31H,10-13H2,1H3,(H,29,37)(H3,28,30,40)(H,44,45,46)/t19?,20-,23-,27-/m1/s1. The molecule has 3 heterocycles. The number of nitro benzene ring substituents is 1. The molecule has 23 heteroatoms. The van der Waals surface area contributed by atoms with Crippen molar-refractivity contribution in [2.75, 3.05) is 19.6 Å². The van der Waals surface area contributed by atoms with Gasteiger partial charge >= 0.3 is 34.3 Å². The summed E-state index contributed by atoms with van der Waals surface area (Å²) in [7, 11) is -4.98. The number of rotatable bonds is 12. The normalized spacial score (nSPS) is 21.9. The fourth-order valence-electron chi connectivity index (χ4n) is 5.43. The van der Waals surface area contributed by atoms with Crippen LogP contribution < -0.4 is 25.9 Å². The van der Waals surface area contributed by atoms with E-state index in [1.165, 1.54) is 53.4 Å². The molecular weight excluding hydrogens is 708 g/mol. The van der Waals surface area contributed by atoms with Crippen molar-refractivity contribution in [2.24, 2.45) is 5.73 Å². The first-order valence-corrected chi connectivity index (χ1v) is 16.7. The maximum atomic E-state index is 13.8. The zero-order valence-electron chi connectivity index (χ0n) is 25.7. The van der Waals surface area contributed by atoms with Crippen LogP contribution in [0, 0.1) is 10.1 Å². The quantitative estimate of drug-likeness (QED) is 0.0442. The minimum absolute atomic E-state index is 0.00685. The molecule has 5 rings (SSSR count). The predicted octanol–water partition coefficient (Wildman–Crippen LogP) is -0.886. The predicted molar refractivity (Wildman–Crippen MR) is 167 cm³/mol. The molecule has 21 nitrogen and oxygen atoms in total. The highest BCUT2D eigenvalue weighted by Gasteiger charge is 2.67.